The predicted molar refractivity (Wildman–Crippen MR) is 63.6 cm³/mol. The predicted octanol–water partition coefficient (Wildman–Crippen LogP) is 3.69. The SMILES string of the molecule is CCC(C)(CC)CCCN1CCCC1. The molecule has 0 aromatic carbocycles. The first-order chi connectivity index (χ1) is 6.70. The van der Waals surface area contributed by atoms with Gasteiger partial charge in [0, 0.05) is 0 Å². The second-order valence-corrected chi connectivity index (χ2v) is 5.17. The Balaban J connectivity index is 2.12. The average molecular weight is 197 g/mol. The maximum absolute atomic E-state index is 2.63. The van der Waals surface area contributed by atoms with E-state index in [0.29, 0.717) is 5.41 Å². The highest BCUT2D eigenvalue weighted by atomic mass is 15.1. The van der Waals surface area contributed by atoms with E-state index in [9.17, 15) is 0 Å². The number of hydrogen-bond acceptors (Lipinski definition) is 1. The molecule has 1 aliphatic rings. The van der Waals surface area contributed by atoms with E-state index >= 15 is 0 Å². The van der Waals surface area contributed by atoms with Gasteiger partial charge in [-0.05, 0) is 50.7 Å². The molecule has 0 unspecified atom stereocenters. The topological polar surface area (TPSA) is 3.24 Å². The summed E-state index contributed by atoms with van der Waals surface area (Å²) in [4.78, 5) is 2.63. The van der Waals surface area contributed by atoms with E-state index in [0.717, 1.165) is 0 Å². The fourth-order valence-corrected chi connectivity index (χ4v) is 2.34. The highest BCUT2D eigenvalue weighted by Crippen LogP contribution is 2.31. The third-order valence-electron chi connectivity index (χ3n) is 4.16. The summed E-state index contributed by atoms with van der Waals surface area (Å²) in [6, 6.07) is 0. The summed E-state index contributed by atoms with van der Waals surface area (Å²) in [7, 11) is 0. The lowest BCUT2D eigenvalue weighted by molar-refractivity contribution is 0.238. The van der Waals surface area contributed by atoms with E-state index in [4.69, 9.17) is 0 Å². The molecule has 1 heterocycles. The van der Waals surface area contributed by atoms with Crippen LogP contribution in [0.1, 0.15) is 59.3 Å². The van der Waals surface area contributed by atoms with Gasteiger partial charge in [0.2, 0.25) is 0 Å². The monoisotopic (exact) mass is 197 g/mol. The number of likely N-dealkylation sites (tertiary alicyclic amines) is 1. The minimum Gasteiger partial charge on any atom is -0.303 e. The fraction of sp³-hybridized carbons (Fsp3) is 1.00. The lowest BCUT2D eigenvalue weighted by atomic mass is 9.80. The summed E-state index contributed by atoms with van der Waals surface area (Å²) >= 11 is 0. The first kappa shape index (κ1) is 12.0. The number of nitrogens with zero attached hydrogens (tertiary/aromatic N) is 1. The summed E-state index contributed by atoms with van der Waals surface area (Å²) < 4.78 is 0. The first-order valence-electron chi connectivity index (χ1n) is 6.42. The Morgan fingerprint density at radius 2 is 1.64 bits per heavy atom. The van der Waals surface area contributed by atoms with Crippen molar-refractivity contribution in [1.82, 2.24) is 4.90 Å². The maximum atomic E-state index is 2.63. The summed E-state index contributed by atoms with van der Waals surface area (Å²) in [5.41, 5.74) is 0.611. The standard InChI is InChI=1S/C13H27N/c1-4-13(3,5-2)9-8-12-14-10-6-7-11-14/h4-12H2,1-3H3. The van der Waals surface area contributed by atoms with Gasteiger partial charge in [0.25, 0.3) is 0 Å². The Labute approximate surface area is 89.9 Å². The van der Waals surface area contributed by atoms with Crippen molar-refractivity contribution in [2.24, 2.45) is 5.41 Å². The van der Waals surface area contributed by atoms with Crippen LogP contribution in [0.25, 0.3) is 0 Å². The third kappa shape index (κ3) is 3.61. The van der Waals surface area contributed by atoms with Crippen LogP contribution in [0.2, 0.25) is 0 Å². The molecule has 0 radical (unpaired) electrons. The van der Waals surface area contributed by atoms with Crippen LogP contribution in [0, 0.1) is 5.41 Å². The first-order valence-corrected chi connectivity index (χ1v) is 6.42. The highest BCUT2D eigenvalue weighted by Gasteiger charge is 2.19. The van der Waals surface area contributed by atoms with Gasteiger partial charge in [-0.15, -0.1) is 0 Å². The van der Waals surface area contributed by atoms with Gasteiger partial charge in [0.1, 0.15) is 0 Å². The molecule has 0 amide bonds. The lowest BCUT2D eigenvalue weighted by Crippen LogP contribution is -2.23. The Hall–Kier alpha value is -0.0400. The van der Waals surface area contributed by atoms with Crippen LogP contribution < -0.4 is 0 Å². The fourth-order valence-electron chi connectivity index (χ4n) is 2.34. The van der Waals surface area contributed by atoms with Gasteiger partial charge in [0.15, 0.2) is 0 Å². The zero-order valence-corrected chi connectivity index (χ0v) is 10.3. The summed E-state index contributed by atoms with van der Waals surface area (Å²) in [6.07, 6.45) is 8.35. The Morgan fingerprint density at radius 3 is 2.14 bits per heavy atom. The smallest absolute Gasteiger partial charge is 0.00183 e. The van der Waals surface area contributed by atoms with E-state index in [1.54, 1.807) is 0 Å². The number of hydrogen-bond donors (Lipinski definition) is 0. The van der Waals surface area contributed by atoms with Crippen LogP contribution in [0.15, 0.2) is 0 Å². The normalized spacial score (nSPS) is 19.1. The van der Waals surface area contributed by atoms with Crippen LogP contribution in [0.3, 0.4) is 0 Å². The Morgan fingerprint density at radius 1 is 1.07 bits per heavy atom. The molecule has 0 saturated carbocycles. The van der Waals surface area contributed by atoms with Gasteiger partial charge in [-0.2, -0.15) is 0 Å². The molecule has 1 rings (SSSR count). The summed E-state index contributed by atoms with van der Waals surface area (Å²) in [5, 5.41) is 0. The molecule has 1 saturated heterocycles. The van der Waals surface area contributed by atoms with Crippen molar-refractivity contribution in [2.45, 2.75) is 59.3 Å². The maximum Gasteiger partial charge on any atom is -0.00183 e. The van der Waals surface area contributed by atoms with Crippen molar-refractivity contribution in [3.63, 3.8) is 0 Å². The van der Waals surface area contributed by atoms with Gasteiger partial charge in [-0.1, -0.05) is 33.6 Å². The van der Waals surface area contributed by atoms with Crippen molar-refractivity contribution in [1.29, 1.82) is 0 Å². The van der Waals surface area contributed by atoms with Crippen molar-refractivity contribution in [3.05, 3.63) is 0 Å². The molecule has 0 bridgehead atoms. The highest BCUT2D eigenvalue weighted by molar-refractivity contribution is 4.73. The molecule has 1 fully saturated rings. The minimum atomic E-state index is 0.611. The lowest BCUT2D eigenvalue weighted by Gasteiger charge is -2.27. The summed E-state index contributed by atoms with van der Waals surface area (Å²) in [6.45, 7) is 11.2. The van der Waals surface area contributed by atoms with Gasteiger partial charge in [0.05, 0.1) is 0 Å². The van der Waals surface area contributed by atoms with Gasteiger partial charge < -0.3 is 4.90 Å². The van der Waals surface area contributed by atoms with Crippen molar-refractivity contribution in [2.75, 3.05) is 19.6 Å². The van der Waals surface area contributed by atoms with E-state index in [1.807, 2.05) is 0 Å². The van der Waals surface area contributed by atoms with Crippen LogP contribution >= 0.6 is 0 Å². The molecular weight excluding hydrogens is 170 g/mol. The van der Waals surface area contributed by atoms with Crippen LogP contribution in [0.4, 0.5) is 0 Å². The minimum absolute atomic E-state index is 0.611. The van der Waals surface area contributed by atoms with Gasteiger partial charge in [-0.3, -0.25) is 0 Å². The second kappa shape index (κ2) is 5.75. The van der Waals surface area contributed by atoms with Gasteiger partial charge >= 0.3 is 0 Å². The van der Waals surface area contributed by atoms with Crippen LogP contribution in [0.5, 0.6) is 0 Å². The van der Waals surface area contributed by atoms with Crippen molar-refractivity contribution < 1.29 is 0 Å². The molecule has 0 aliphatic carbocycles. The molecule has 0 atom stereocenters. The molecule has 0 aromatic heterocycles. The molecule has 1 heteroatoms. The van der Waals surface area contributed by atoms with Crippen molar-refractivity contribution >= 4 is 0 Å². The zero-order chi connectivity index (χ0) is 10.4. The largest absolute Gasteiger partial charge is 0.303 e. The van der Waals surface area contributed by atoms with Gasteiger partial charge in [-0.25, -0.2) is 0 Å². The Bertz CT molecular complexity index is 143. The molecule has 0 aromatic rings. The van der Waals surface area contributed by atoms with E-state index < -0.39 is 0 Å². The zero-order valence-electron chi connectivity index (χ0n) is 10.3. The van der Waals surface area contributed by atoms with E-state index in [1.165, 1.54) is 58.2 Å². The molecule has 0 spiro atoms. The van der Waals surface area contributed by atoms with E-state index in [2.05, 4.69) is 25.7 Å². The Kier molecular flexibility index (Phi) is 4.94. The summed E-state index contributed by atoms with van der Waals surface area (Å²) in [5.74, 6) is 0. The average Bonchev–Trinajstić information content (AvgIpc) is 2.70. The van der Waals surface area contributed by atoms with Crippen LogP contribution in [-0.4, -0.2) is 24.5 Å². The quantitative estimate of drug-likeness (QED) is 0.628. The molecule has 84 valence electrons. The van der Waals surface area contributed by atoms with E-state index in [-0.39, 0.29) is 0 Å². The molecule has 14 heavy (non-hydrogen) atoms. The second-order valence-electron chi connectivity index (χ2n) is 5.17. The molecule has 1 aliphatic heterocycles. The third-order valence-corrected chi connectivity index (χ3v) is 4.16. The molecular formula is C13H27N. The molecule has 0 N–H and O–H groups in total. The van der Waals surface area contributed by atoms with Crippen molar-refractivity contribution in [3.8, 4) is 0 Å². The molecule has 1 nitrogen and oxygen atoms in total. The number of rotatable bonds is 6. The van der Waals surface area contributed by atoms with Crippen LogP contribution in [-0.2, 0) is 0 Å².